The molecule has 0 bridgehead atoms. The molecule has 1 saturated carbocycles. The van der Waals surface area contributed by atoms with Gasteiger partial charge >= 0.3 is 5.97 Å². The van der Waals surface area contributed by atoms with E-state index >= 15 is 0 Å². The van der Waals surface area contributed by atoms with Gasteiger partial charge in [-0.05, 0) is 49.4 Å². The van der Waals surface area contributed by atoms with Crippen molar-refractivity contribution in [2.45, 2.75) is 41.4 Å². The lowest BCUT2D eigenvalue weighted by atomic mass is 9.70. The number of hydrogen-bond donors (Lipinski definition) is 2. The topological polar surface area (TPSA) is 97.6 Å². The number of aromatic nitrogens is 2. The van der Waals surface area contributed by atoms with E-state index in [1.807, 2.05) is 24.4 Å². The van der Waals surface area contributed by atoms with Crippen LogP contribution >= 0.6 is 23.4 Å². The fraction of sp³-hybridized carbons (Fsp3) is 0.364. The number of halogens is 1. The minimum absolute atomic E-state index is 0.125. The number of H-pyrrole nitrogens is 1. The molecular formula is C22H21ClN2O5S. The number of hydrogen-bond acceptors (Lipinski definition) is 6. The van der Waals surface area contributed by atoms with Crippen LogP contribution in [0.15, 0.2) is 52.5 Å². The maximum Gasteiger partial charge on any atom is 0.306 e. The molecule has 2 aliphatic rings. The molecule has 31 heavy (non-hydrogen) atoms. The predicted molar refractivity (Wildman–Crippen MR) is 115 cm³/mol. The molecule has 3 heterocycles. The quantitative estimate of drug-likeness (QED) is 0.526. The minimum Gasteiger partial charge on any atom is -0.481 e. The Labute approximate surface area is 188 Å². The van der Waals surface area contributed by atoms with E-state index in [0.29, 0.717) is 42.2 Å². The number of rotatable bonds is 6. The van der Waals surface area contributed by atoms with E-state index in [-0.39, 0.29) is 12.7 Å². The van der Waals surface area contributed by atoms with Gasteiger partial charge in [0.05, 0.1) is 18.5 Å². The Bertz CT molecular complexity index is 1070. The highest BCUT2D eigenvalue weighted by Crippen LogP contribution is 2.55. The zero-order valence-corrected chi connectivity index (χ0v) is 18.1. The standard InChI is InChI=1S/C22H21ClN2O5S/c23-16-8-19-18(29-12-30-19)7-14(16)9-22(31-20-10-24-11-25-20)4-3-13(21(26)27)6-15(22)17-2-1-5-28-17/h1-2,5,7-8,10-11,13,15H,3-4,6,9,12H2,(H,24,25)(H,26,27). The largest absolute Gasteiger partial charge is 0.481 e. The summed E-state index contributed by atoms with van der Waals surface area (Å²) < 4.78 is 16.4. The van der Waals surface area contributed by atoms with Crippen molar-refractivity contribution in [3.05, 3.63) is 59.4 Å². The summed E-state index contributed by atoms with van der Waals surface area (Å²) in [6, 6.07) is 7.49. The van der Waals surface area contributed by atoms with Crippen molar-refractivity contribution < 1.29 is 23.8 Å². The van der Waals surface area contributed by atoms with E-state index < -0.39 is 16.6 Å². The highest BCUT2D eigenvalue weighted by molar-refractivity contribution is 8.00. The number of furan rings is 1. The maximum atomic E-state index is 11.8. The lowest BCUT2D eigenvalue weighted by Gasteiger charge is -2.44. The first-order valence-electron chi connectivity index (χ1n) is 10.1. The zero-order chi connectivity index (χ0) is 21.4. The number of benzene rings is 1. The Morgan fingerprint density at radius 2 is 2.19 bits per heavy atom. The summed E-state index contributed by atoms with van der Waals surface area (Å²) in [7, 11) is 0. The second-order valence-electron chi connectivity index (χ2n) is 7.93. The summed E-state index contributed by atoms with van der Waals surface area (Å²) in [6.45, 7) is 0.178. The number of carbonyl (C=O) groups is 1. The van der Waals surface area contributed by atoms with Gasteiger partial charge in [-0.1, -0.05) is 23.4 Å². The summed E-state index contributed by atoms with van der Waals surface area (Å²) in [4.78, 5) is 19.3. The SMILES string of the molecule is O=C(O)C1CCC(Cc2cc3c(cc2Cl)OCO3)(Sc2c[nH]cn2)C(c2ccco2)C1. The molecule has 9 heteroatoms. The van der Waals surface area contributed by atoms with Crippen molar-refractivity contribution in [1.29, 1.82) is 0 Å². The normalized spacial score (nSPS) is 24.9. The van der Waals surface area contributed by atoms with Crippen molar-refractivity contribution in [3.8, 4) is 11.5 Å². The van der Waals surface area contributed by atoms with Gasteiger partial charge in [-0.3, -0.25) is 4.79 Å². The molecule has 5 rings (SSSR count). The average Bonchev–Trinajstić information content (AvgIpc) is 3.51. The summed E-state index contributed by atoms with van der Waals surface area (Å²) in [6.07, 6.45) is 7.49. The second-order valence-corrected chi connectivity index (χ2v) is 9.77. The van der Waals surface area contributed by atoms with Crippen LogP contribution in [0.5, 0.6) is 11.5 Å². The third-order valence-electron chi connectivity index (χ3n) is 6.12. The van der Waals surface area contributed by atoms with E-state index in [1.54, 1.807) is 30.4 Å². The van der Waals surface area contributed by atoms with Gasteiger partial charge in [-0.25, -0.2) is 4.98 Å². The van der Waals surface area contributed by atoms with Gasteiger partial charge in [0.1, 0.15) is 10.8 Å². The van der Waals surface area contributed by atoms with Crippen molar-refractivity contribution in [2.75, 3.05) is 6.79 Å². The van der Waals surface area contributed by atoms with Gasteiger partial charge in [-0.2, -0.15) is 0 Å². The van der Waals surface area contributed by atoms with Gasteiger partial charge in [0.15, 0.2) is 11.5 Å². The monoisotopic (exact) mass is 460 g/mol. The molecule has 1 fully saturated rings. The van der Waals surface area contributed by atoms with Crippen LogP contribution < -0.4 is 9.47 Å². The van der Waals surface area contributed by atoms with Crippen LogP contribution in [0.25, 0.3) is 0 Å². The second kappa shape index (κ2) is 8.16. The molecule has 162 valence electrons. The molecule has 2 N–H and O–H groups in total. The Hall–Kier alpha value is -2.58. The number of nitrogens with zero attached hydrogens (tertiary/aromatic N) is 1. The van der Waals surface area contributed by atoms with Gasteiger partial charge in [0, 0.05) is 28.0 Å². The molecule has 0 spiro atoms. The molecule has 0 radical (unpaired) electrons. The van der Waals surface area contributed by atoms with Gasteiger partial charge < -0.3 is 24.0 Å². The molecule has 0 saturated heterocycles. The highest BCUT2D eigenvalue weighted by atomic mass is 35.5. The van der Waals surface area contributed by atoms with E-state index in [4.69, 9.17) is 25.5 Å². The molecule has 3 aromatic rings. The number of carboxylic acid groups (broad SMARTS) is 1. The predicted octanol–water partition coefficient (Wildman–Crippen LogP) is 5.13. The number of nitrogens with one attached hydrogen (secondary N) is 1. The Morgan fingerprint density at radius 3 is 2.90 bits per heavy atom. The lowest BCUT2D eigenvalue weighted by Crippen LogP contribution is -2.42. The molecule has 0 amide bonds. The lowest BCUT2D eigenvalue weighted by molar-refractivity contribution is -0.143. The van der Waals surface area contributed by atoms with Crippen molar-refractivity contribution in [2.24, 2.45) is 5.92 Å². The van der Waals surface area contributed by atoms with E-state index in [1.165, 1.54) is 0 Å². The molecule has 2 aromatic heterocycles. The fourth-order valence-corrected chi connectivity index (χ4v) is 6.27. The van der Waals surface area contributed by atoms with Crippen molar-refractivity contribution in [1.82, 2.24) is 9.97 Å². The Kier molecular flexibility index (Phi) is 5.35. The number of ether oxygens (including phenoxy) is 2. The molecule has 1 aliphatic heterocycles. The molecule has 1 aromatic carbocycles. The smallest absolute Gasteiger partial charge is 0.306 e. The highest BCUT2D eigenvalue weighted by Gasteiger charge is 2.48. The van der Waals surface area contributed by atoms with Crippen LogP contribution in [0.3, 0.4) is 0 Å². The summed E-state index contributed by atoms with van der Waals surface area (Å²) >= 11 is 8.29. The average molecular weight is 461 g/mol. The first-order valence-corrected chi connectivity index (χ1v) is 11.3. The first-order chi connectivity index (χ1) is 15.0. The molecule has 1 aliphatic carbocycles. The van der Waals surface area contributed by atoms with Gasteiger partial charge in [0.2, 0.25) is 6.79 Å². The molecule has 7 nitrogen and oxygen atoms in total. The van der Waals surface area contributed by atoms with Crippen LogP contribution in [0.1, 0.15) is 36.5 Å². The number of fused-ring (bicyclic) bond motifs is 1. The number of carboxylic acids is 1. The van der Waals surface area contributed by atoms with Crippen LogP contribution in [-0.2, 0) is 11.2 Å². The number of imidazole rings is 1. The van der Waals surface area contributed by atoms with E-state index in [9.17, 15) is 9.90 Å². The van der Waals surface area contributed by atoms with Gasteiger partial charge in [-0.15, -0.1) is 0 Å². The number of aliphatic carboxylic acids is 1. The van der Waals surface area contributed by atoms with Crippen molar-refractivity contribution in [3.63, 3.8) is 0 Å². The van der Waals surface area contributed by atoms with Crippen LogP contribution in [0, 0.1) is 5.92 Å². The Balaban J connectivity index is 1.57. The third-order valence-corrected chi connectivity index (χ3v) is 7.94. The van der Waals surface area contributed by atoms with Crippen molar-refractivity contribution >= 4 is 29.3 Å². The zero-order valence-electron chi connectivity index (χ0n) is 16.5. The summed E-state index contributed by atoms with van der Waals surface area (Å²) in [5.74, 6) is 0.783. The summed E-state index contributed by atoms with van der Waals surface area (Å²) in [5.41, 5.74) is 0.930. The molecule has 3 unspecified atom stereocenters. The van der Waals surface area contributed by atoms with E-state index in [0.717, 1.165) is 16.3 Å². The van der Waals surface area contributed by atoms with Crippen LogP contribution in [0.2, 0.25) is 5.02 Å². The minimum atomic E-state index is -0.768. The fourth-order valence-electron chi connectivity index (χ4n) is 4.60. The first kappa shape index (κ1) is 20.3. The number of thioether (sulfide) groups is 1. The van der Waals surface area contributed by atoms with Gasteiger partial charge in [0.25, 0.3) is 0 Å². The Morgan fingerprint density at radius 1 is 1.35 bits per heavy atom. The number of aromatic amines is 1. The van der Waals surface area contributed by atoms with Crippen LogP contribution in [-0.4, -0.2) is 32.6 Å². The molecule has 3 atom stereocenters. The van der Waals surface area contributed by atoms with E-state index in [2.05, 4.69) is 9.97 Å². The third kappa shape index (κ3) is 3.90. The maximum absolute atomic E-state index is 11.8. The van der Waals surface area contributed by atoms with Crippen LogP contribution in [0.4, 0.5) is 0 Å². The summed E-state index contributed by atoms with van der Waals surface area (Å²) in [5, 5.41) is 11.2. The molecular weight excluding hydrogens is 440 g/mol.